The first-order chi connectivity index (χ1) is 9.24. The summed E-state index contributed by atoms with van der Waals surface area (Å²) in [6.07, 6.45) is 4.04. The summed E-state index contributed by atoms with van der Waals surface area (Å²) in [6.45, 7) is 0.703. The first kappa shape index (κ1) is 14.2. The van der Waals surface area contributed by atoms with Crippen molar-refractivity contribution in [1.29, 1.82) is 0 Å². The van der Waals surface area contributed by atoms with E-state index in [-0.39, 0.29) is 12.1 Å². The molecule has 0 aromatic heterocycles. The van der Waals surface area contributed by atoms with Crippen LogP contribution in [-0.2, 0) is 6.54 Å². The summed E-state index contributed by atoms with van der Waals surface area (Å²) in [5.41, 5.74) is 1.08. The number of nitrogens with one attached hydrogen (secondary N) is 1. The van der Waals surface area contributed by atoms with Gasteiger partial charge in [0.05, 0.1) is 20.3 Å². The summed E-state index contributed by atoms with van der Waals surface area (Å²) in [4.78, 5) is 0. The average Bonchev–Trinajstić information content (AvgIpc) is 2.46. The molecular weight excluding hydrogens is 242 g/mol. The highest BCUT2D eigenvalue weighted by molar-refractivity contribution is 5.40. The lowest BCUT2D eigenvalue weighted by atomic mass is 9.92. The molecular formula is C15H23NO3. The molecule has 2 rings (SSSR count). The number of rotatable bonds is 5. The number of aliphatic hydroxyl groups excluding tert-OH is 1. The molecule has 0 saturated heterocycles. The van der Waals surface area contributed by atoms with E-state index in [9.17, 15) is 5.11 Å². The van der Waals surface area contributed by atoms with Gasteiger partial charge in [0.15, 0.2) is 0 Å². The molecule has 0 bridgehead atoms. The van der Waals surface area contributed by atoms with Crippen molar-refractivity contribution < 1.29 is 14.6 Å². The van der Waals surface area contributed by atoms with Crippen molar-refractivity contribution in [2.45, 2.75) is 44.4 Å². The Morgan fingerprint density at radius 2 is 2.00 bits per heavy atom. The van der Waals surface area contributed by atoms with Gasteiger partial charge in [-0.3, -0.25) is 0 Å². The second-order valence-corrected chi connectivity index (χ2v) is 5.02. The Hall–Kier alpha value is -1.26. The first-order valence-corrected chi connectivity index (χ1v) is 6.87. The molecule has 4 nitrogen and oxygen atoms in total. The Bertz CT molecular complexity index is 408. The van der Waals surface area contributed by atoms with Crippen LogP contribution in [0.1, 0.15) is 31.2 Å². The Morgan fingerprint density at radius 3 is 2.68 bits per heavy atom. The highest BCUT2D eigenvalue weighted by atomic mass is 16.5. The second-order valence-electron chi connectivity index (χ2n) is 5.02. The van der Waals surface area contributed by atoms with Crippen LogP contribution in [0.25, 0.3) is 0 Å². The van der Waals surface area contributed by atoms with E-state index in [1.807, 2.05) is 18.2 Å². The maximum atomic E-state index is 9.94. The van der Waals surface area contributed by atoms with E-state index >= 15 is 0 Å². The molecule has 0 heterocycles. The highest BCUT2D eigenvalue weighted by Gasteiger charge is 2.22. The fourth-order valence-corrected chi connectivity index (χ4v) is 2.59. The fourth-order valence-electron chi connectivity index (χ4n) is 2.59. The van der Waals surface area contributed by atoms with Crippen molar-refractivity contribution in [3.8, 4) is 11.5 Å². The summed E-state index contributed by atoms with van der Waals surface area (Å²) >= 11 is 0. The summed E-state index contributed by atoms with van der Waals surface area (Å²) in [5, 5.41) is 13.4. The van der Waals surface area contributed by atoms with Gasteiger partial charge in [-0.25, -0.2) is 0 Å². The second kappa shape index (κ2) is 6.78. The van der Waals surface area contributed by atoms with Gasteiger partial charge in [0, 0.05) is 24.2 Å². The predicted molar refractivity (Wildman–Crippen MR) is 74.6 cm³/mol. The number of ether oxygens (including phenoxy) is 2. The van der Waals surface area contributed by atoms with E-state index in [4.69, 9.17) is 9.47 Å². The highest BCUT2D eigenvalue weighted by Crippen LogP contribution is 2.25. The van der Waals surface area contributed by atoms with Crippen LogP contribution in [0, 0.1) is 0 Å². The molecule has 1 aromatic rings. The number of methoxy groups -OCH3 is 2. The summed E-state index contributed by atoms with van der Waals surface area (Å²) in [5.74, 6) is 1.61. The number of hydrogen-bond donors (Lipinski definition) is 2. The lowest BCUT2D eigenvalue weighted by Gasteiger charge is -2.28. The topological polar surface area (TPSA) is 50.7 Å². The molecule has 0 radical (unpaired) electrons. The lowest BCUT2D eigenvalue weighted by Crippen LogP contribution is -2.41. The zero-order valence-electron chi connectivity index (χ0n) is 11.7. The van der Waals surface area contributed by atoms with Crippen molar-refractivity contribution >= 4 is 0 Å². The monoisotopic (exact) mass is 265 g/mol. The van der Waals surface area contributed by atoms with Gasteiger partial charge in [-0.05, 0) is 18.9 Å². The van der Waals surface area contributed by atoms with Crippen LogP contribution in [-0.4, -0.2) is 31.5 Å². The van der Waals surface area contributed by atoms with Crippen molar-refractivity contribution in [1.82, 2.24) is 5.32 Å². The lowest BCUT2D eigenvalue weighted by molar-refractivity contribution is 0.0901. The molecule has 1 aliphatic carbocycles. The van der Waals surface area contributed by atoms with E-state index in [0.29, 0.717) is 6.54 Å². The van der Waals surface area contributed by atoms with E-state index in [1.54, 1.807) is 14.2 Å². The quantitative estimate of drug-likeness (QED) is 0.856. The Morgan fingerprint density at radius 1 is 1.21 bits per heavy atom. The molecule has 1 fully saturated rings. The zero-order chi connectivity index (χ0) is 13.7. The zero-order valence-corrected chi connectivity index (χ0v) is 11.7. The number of hydrogen-bond acceptors (Lipinski definition) is 4. The van der Waals surface area contributed by atoms with Crippen LogP contribution in [0.15, 0.2) is 18.2 Å². The molecule has 2 N–H and O–H groups in total. The van der Waals surface area contributed by atoms with E-state index in [2.05, 4.69) is 5.32 Å². The molecule has 1 aromatic carbocycles. The molecule has 0 amide bonds. The molecule has 1 aliphatic rings. The van der Waals surface area contributed by atoms with Gasteiger partial charge >= 0.3 is 0 Å². The van der Waals surface area contributed by atoms with Crippen LogP contribution >= 0.6 is 0 Å². The molecule has 19 heavy (non-hydrogen) atoms. The minimum atomic E-state index is -0.224. The molecule has 0 spiro atoms. The third-order valence-corrected chi connectivity index (χ3v) is 3.78. The maximum Gasteiger partial charge on any atom is 0.127 e. The van der Waals surface area contributed by atoms with Gasteiger partial charge in [0.2, 0.25) is 0 Å². The molecule has 1 saturated carbocycles. The van der Waals surface area contributed by atoms with Gasteiger partial charge in [0.25, 0.3) is 0 Å². The minimum absolute atomic E-state index is 0.195. The number of benzene rings is 1. The van der Waals surface area contributed by atoms with Crippen LogP contribution < -0.4 is 14.8 Å². The van der Waals surface area contributed by atoms with E-state index < -0.39 is 0 Å². The normalized spacial score (nSPS) is 23.1. The van der Waals surface area contributed by atoms with Gasteiger partial charge in [-0.2, -0.15) is 0 Å². The standard InChI is InChI=1S/C15H23NO3/c1-18-12-8-7-11(15(9-12)19-2)10-16-13-5-3-4-6-14(13)17/h7-9,13-14,16-17H,3-6,10H2,1-2H3/t13-,14-/m1/s1. The minimum Gasteiger partial charge on any atom is -0.497 e. The Balaban J connectivity index is 1.98. The molecule has 0 aliphatic heterocycles. The fraction of sp³-hybridized carbons (Fsp3) is 0.600. The van der Waals surface area contributed by atoms with Gasteiger partial charge < -0.3 is 19.9 Å². The largest absolute Gasteiger partial charge is 0.497 e. The molecule has 4 heteroatoms. The summed E-state index contributed by atoms with van der Waals surface area (Å²) in [7, 11) is 3.30. The van der Waals surface area contributed by atoms with Crippen molar-refractivity contribution in [2.24, 2.45) is 0 Å². The molecule has 0 unspecified atom stereocenters. The van der Waals surface area contributed by atoms with E-state index in [1.165, 1.54) is 6.42 Å². The predicted octanol–water partition coefficient (Wildman–Crippen LogP) is 2.10. The van der Waals surface area contributed by atoms with E-state index in [0.717, 1.165) is 36.3 Å². The number of aliphatic hydroxyl groups is 1. The van der Waals surface area contributed by atoms with Crippen LogP contribution in [0.2, 0.25) is 0 Å². The summed E-state index contributed by atoms with van der Waals surface area (Å²) < 4.78 is 10.6. The van der Waals surface area contributed by atoms with Crippen molar-refractivity contribution in [3.63, 3.8) is 0 Å². The summed E-state index contributed by atoms with van der Waals surface area (Å²) in [6, 6.07) is 6.01. The van der Waals surface area contributed by atoms with Crippen molar-refractivity contribution in [3.05, 3.63) is 23.8 Å². The van der Waals surface area contributed by atoms with Crippen LogP contribution in [0.5, 0.6) is 11.5 Å². The SMILES string of the molecule is COc1ccc(CN[C@@H]2CCCC[C@H]2O)c(OC)c1. The first-order valence-electron chi connectivity index (χ1n) is 6.87. The van der Waals surface area contributed by atoms with Crippen molar-refractivity contribution in [2.75, 3.05) is 14.2 Å². The third-order valence-electron chi connectivity index (χ3n) is 3.78. The Kier molecular flexibility index (Phi) is 5.05. The maximum absolute atomic E-state index is 9.94. The van der Waals surface area contributed by atoms with Crippen LogP contribution in [0.3, 0.4) is 0 Å². The molecule has 2 atom stereocenters. The smallest absolute Gasteiger partial charge is 0.127 e. The average molecular weight is 265 g/mol. The Labute approximate surface area is 114 Å². The van der Waals surface area contributed by atoms with Gasteiger partial charge in [-0.1, -0.05) is 18.9 Å². The third kappa shape index (κ3) is 3.61. The van der Waals surface area contributed by atoms with Gasteiger partial charge in [-0.15, -0.1) is 0 Å². The van der Waals surface area contributed by atoms with Crippen LogP contribution in [0.4, 0.5) is 0 Å². The van der Waals surface area contributed by atoms with Gasteiger partial charge in [0.1, 0.15) is 11.5 Å². The molecule has 106 valence electrons.